The number of amides is 1. The molecule has 0 saturated carbocycles. The lowest BCUT2D eigenvalue weighted by Gasteiger charge is -2.26. The third-order valence-electron chi connectivity index (χ3n) is 4.94. The van der Waals surface area contributed by atoms with Crippen molar-refractivity contribution >= 4 is 11.7 Å². The topological polar surface area (TPSA) is 73.9 Å². The maximum Gasteiger partial charge on any atom is 0.220 e. The minimum Gasteiger partial charge on any atom is -0.493 e. The summed E-state index contributed by atoms with van der Waals surface area (Å²) in [6.07, 6.45) is 1.83. The molecule has 2 aromatic rings. The van der Waals surface area contributed by atoms with Crippen LogP contribution >= 0.6 is 0 Å². The van der Waals surface area contributed by atoms with Crippen molar-refractivity contribution in [2.45, 2.75) is 31.7 Å². The lowest BCUT2D eigenvalue weighted by Crippen LogP contribution is -2.32. The lowest BCUT2D eigenvalue weighted by molar-refractivity contribution is -0.122. The number of ketones is 1. The number of hydrogen-bond donors (Lipinski definition) is 1. The second-order valence-corrected chi connectivity index (χ2v) is 6.93. The molecule has 6 heteroatoms. The summed E-state index contributed by atoms with van der Waals surface area (Å²) in [4.78, 5) is 24.9. The number of carbonyl (C=O) groups excluding carboxylic acids is 2. The smallest absolute Gasteiger partial charge is 0.220 e. The summed E-state index contributed by atoms with van der Waals surface area (Å²) in [6, 6.07) is 12.8. The number of carbonyl (C=O) groups is 2. The predicted octanol–water partition coefficient (Wildman–Crippen LogP) is 3.45. The van der Waals surface area contributed by atoms with Crippen molar-refractivity contribution in [1.82, 2.24) is 5.32 Å². The molecule has 4 rings (SSSR count). The maximum atomic E-state index is 12.5. The van der Waals surface area contributed by atoms with Crippen LogP contribution in [-0.4, -0.2) is 31.5 Å². The van der Waals surface area contributed by atoms with Crippen LogP contribution in [-0.2, 0) is 4.79 Å². The van der Waals surface area contributed by atoms with E-state index in [1.54, 1.807) is 18.2 Å². The van der Waals surface area contributed by atoms with Gasteiger partial charge >= 0.3 is 0 Å². The van der Waals surface area contributed by atoms with Gasteiger partial charge in [0.1, 0.15) is 5.75 Å². The van der Waals surface area contributed by atoms with Crippen LogP contribution in [0.25, 0.3) is 0 Å². The SMILES string of the molecule is O=C(CCC(=O)c1ccc2c(c1)OCCCO2)NC1CCOc2ccccc21. The Morgan fingerprint density at radius 1 is 0.893 bits per heavy atom. The van der Waals surface area contributed by atoms with E-state index in [1.165, 1.54) is 0 Å². The molecule has 6 nitrogen and oxygen atoms in total. The van der Waals surface area contributed by atoms with Crippen LogP contribution in [0.3, 0.4) is 0 Å². The molecular formula is C22H23NO5. The van der Waals surface area contributed by atoms with Crippen LogP contribution in [0.5, 0.6) is 17.2 Å². The average Bonchev–Trinajstić information content (AvgIpc) is 2.97. The molecule has 0 fully saturated rings. The van der Waals surface area contributed by atoms with Gasteiger partial charge in [0.2, 0.25) is 5.91 Å². The van der Waals surface area contributed by atoms with Gasteiger partial charge in [-0.25, -0.2) is 0 Å². The number of Topliss-reactive ketones (excluding diaryl/α,β-unsaturated/α-hetero) is 1. The third kappa shape index (κ3) is 4.11. The van der Waals surface area contributed by atoms with Crippen molar-refractivity contribution in [3.05, 3.63) is 53.6 Å². The van der Waals surface area contributed by atoms with E-state index < -0.39 is 0 Å². The molecule has 0 aliphatic carbocycles. The first-order chi connectivity index (χ1) is 13.7. The van der Waals surface area contributed by atoms with Crippen molar-refractivity contribution in [2.24, 2.45) is 0 Å². The van der Waals surface area contributed by atoms with E-state index in [0.29, 0.717) is 36.9 Å². The Morgan fingerprint density at radius 2 is 1.68 bits per heavy atom. The summed E-state index contributed by atoms with van der Waals surface area (Å²) in [7, 11) is 0. The summed E-state index contributed by atoms with van der Waals surface area (Å²) < 4.78 is 16.8. The van der Waals surface area contributed by atoms with Gasteiger partial charge in [0.05, 0.1) is 25.9 Å². The Balaban J connectivity index is 1.34. The summed E-state index contributed by atoms with van der Waals surface area (Å²) in [6.45, 7) is 1.74. The molecule has 28 heavy (non-hydrogen) atoms. The molecule has 2 aromatic carbocycles. The monoisotopic (exact) mass is 381 g/mol. The zero-order valence-corrected chi connectivity index (χ0v) is 15.6. The van der Waals surface area contributed by atoms with Gasteiger partial charge in [-0.2, -0.15) is 0 Å². The molecule has 1 atom stereocenters. The molecule has 1 N–H and O–H groups in total. The van der Waals surface area contributed by atoms with Crippen molar-refractivity contribution in [3.8, 4) is 17.2 Å². The van der Waals surface area contributed by atoms with Gasteiger partial charge < -0.3 is 19.5 Å². The van der Waals surface area contributed by atoms with Crippen molar-refractivity contribution in [3.63, 3.8) is 0 Å². The van der Waals surface area contributed by atoms with Gasteiger partial charge in [-0.3, -0.25) is 9.59 Å². The normalized spacial score (nSPS) is 17.6. The van der Waals surface area contributed by atoms with E-state index in [0.717, 1.165) is 24.2 Å². The minimum absolute atomic E-state index is 0.0782. The molecule has 0 radical (unpaired) electrons. The quantitative estimate of drug-likeness (QED) is 0.803. The van der Waals surface area contributed by atoms with Crippen molar-refractivity contribution < 1.29 is 23.8 Å². The van der Waals surface area contributed by atoms with Crippen LogP contribution in [0.2, 0.25) is 0 Å². The van der Waals surface area contributed by atoms with Gasteiger partial charge in [0.15, 0.2) is 17.3 Å². The Kier molecular flexibility index (Phi) is 5.46. The van der Waals surface area contributed by atoms with Gasteiger partial charge in [0, 0.05) is 36.8 Å². The number of fused-ring (bicyclic) bond motifs is 2. The highest BCUT2D eigenvalue weighted by Gasteiger charge is 2.23. The number of rotatable bonds is 5. The van der Waals surface area contributed by atoms with Crippen LogP contribution in [0.15, 0.2) is 42.5 Å². The maximum absolute atomic E-state index is 12.5. The van der Waals surface area contributed by atoms with E-state index in [9.17, 15) is 9.59 Å². The molecule has 2 heterocycles. The van der Waals surface area contributed by atoms with Crippen LogP contribution in [0.1, 0.15) is 47.6 Å². The Morgan fingerprint density at radius 3 is 2.57 bits per heavy atom. The van der Waals surface area contributed by atoms with E-state index in [2.05, 4.69) is 5.32 Å². The molecule has 1 amide bonds. The fraction of sp³-hybridized carbons (Fsp3) is 0.364. The number of benzene rings is 2. The molecule has 0 aromatic heterocycles. The van der Waals surface area contributed by atoms with E-state index in [-0.39, 0.29) is 30.6 Å². The first kappa shape index (κ1) is 18.3. The highest BCUT2D eigenvalue weighted by atomic mass is 16.5. The predicted molar refractivity (Wildman–Crippen MR) is 103 cm³/mol. The molecule has 1 unspecified atom stereocenters. The van der Waals surface area contributed by atoms with Crippen molar-refractivity contribution in [1.29, 1.82) is 0 Å². The van der Waals surface area contributed by atoms with Gasteiger partial charge in [-0.1, -0.05) is 18.2 Å². The van der Waals surface area contributed by atoms with E-state index >= 15 is 0 Å². The first-order valence-corrected chi connectivity index (χ1v) is 9.64. The summed E-state index contributed by atoms with van der Waals surface area (Å²) in [5, 5.41) is 3.02. The fourth-order valence-corrected chi connectivity index (χ4v) is 3.47. The number of para-hydroxylation sites is 1. The highest BCUT2D eigenvalue weighted by molar-refractivity contribution is 5.98. The standard InChI is InChI=1S/C22H23NO5/c24-18(15-6-8-20-21(14-15)27-12-3-11-26-20)7-9-22(25)23-17-10-13-28-19-5-2-1-4-16(17)19/h1-2,4-6,8,14,17H,3,7,9-13H2,(H,23,25). The van der Waals surface area contributed by atoms with Crippen LogP contribution < -0.4 is 19.5 Å². The fourth-order valence-electron chi connectivity index (χ4n) is 3.47. The zero-order chi connectivity index (χ0) is 19.3. The van der Waals surface area contributed by atoms with Crippen molar-refractivity contribution in [2.75, 3.05) is 19.8 Å². The van der Waals surface area contributed by atoms with Crippen LogP contribution in [0, 0.1) is 0 Å². The molecule has 2 aliphatic heterocycles. The van der Waals surface area contributed by atoms with Gasteiger partial charge in [0.25, 0.3) is 0 Å². The third-order valence-corrected chi connectivity index (χ3v) is 4.94. The molecule has 0 saturated heterocycles. The molecule has 0 spiro atoms. The molecule has 146 valence electrons. The van der Waals surface area contributed by atoms with E-state index in [4.69, 9.17) is 14.2 Å². The average molecular weight is 381 g/mol. The van der Waals surface area contributed by atoms with Crippen LogP contribution in [0.4, 0.5) is 0 Å². The Bertz CT molecular complexity index is 879. The molecule has 0 bridgehead atoms. The number of hydrogen-bond acceptors (Lipinski definition) is 5. The zero-order valence-electron chi connectivity index (χ0n) is 15.6. The lowest BCUT2D eigenvalue weighted by atomic mass is 10.00. The Labute approximate surface area is 163 Å². The molecule has 2 aliphatic rings. The first-order valence-electron chi connectivity index (χ1n) is 9.64. The van der Waals surface area contributed by atoms with Gasteiger partial charge in [-0.05, 0) is 24.3 Å². The second kappa shape index (κ2) is 8.33. The summed E-state index contributed by atoms with van der Waals surface area (Å²) >= 11 is 0. The van der Waals surface area contributed by atoms with Gasteiger partial charge in [-0.15, -0.1) is 0 Å². The van der Waals surface area contributed by atoms with E-state index in [1.807, 2.05) is 24.3 Å². The Hall–Kier alpha value is -3.02. The largest absolute Gasteiger partial charge is 0.493 e. The number of nitrogens with one attached hydrogen (secondary N) is 1. The number of ether oxygens (including phenoxy) is 3. The highest BCUT2D eigenvalue weighted by Crippen LogP contribution is 2.32. The minimum atomic E-state index is -0.135. The second-order valence-electron chi connectivity index (χ2n) is 6.93. The summed E-state index contributed by atoms with van der Waals surface area (Å²) in [5.41, 5.74) is 1.52. The summed E-state index contributed by atoms with van der Waals surface area (Å²) in [5.74, 6) is 1.83. The molecular weight excluding hydrogens is 358 g/mol.